The molecule has 1 atom stereocenters. The van der Waals surface area contributed by atoms with Crippen molar-refractivity contribution in [3.05, 3.63) is 36.5 Å². The van der Waals surface area contributed by atoms with Gasteiger partial charge in [0.05, 0.1) is 6.61 Å². The number of nitrogens with two attached hydrogens (primary N) is 1. The number of likely N-dealkylation sites (N-methyl/N-ethyl adjacent to an activating group) is 1. The van der Waals surface area contributed by atoms with Gasteiger partial charge in [0.2, 0.25) is 0 Å². The van der Waals surface area contributed by atoms with Crippen LogP contribution in [0.2, 0.25) is 0 Å². The minimum absolute atomic E-state index is 0.350. The number of pyridine rings is 1. The number of hydrogen-bond donors (Lipinski definition) is 1. The Kier molecular flexibility index (Phi) is 4.71. The summed E-state index contributed by atoms with van der Waals surface area (Å²) in [5, 5.41) is 1.10. The Bertz CT molecular complexity index is 522. The number of benzene rings is 1. The molecule has 0 spiro atoms. The van der Waals surface area contributed by atoms with Gasteiger partial charge in [-0.2, -0.15) is 0 Å². The van der Waals surface area contributed by atoms with Gasteiger partial charge in [0.25, 0.3) is 0 Å². The zero-order valence-corrected chi connectivity index (χ0v) is 11.5. The maximum Gasteiger partial charge on any atom is 0.145 e. The van der Waals surface area contributed by atoms with Crippen LogP contribution in [-0.4, -0.2) is 43.2 Å². The van der Waals surface area contributed by atoms with Crippen LogP contribution in [0.3, 0.4) is 0 Å². The molecule has 2 rings (SSSR count). The van der Waals surface area contributed by atoms with E-state index in [4.69, 9.17) is 10.5 Å². The molecule has 0 saturated carbocycles. The smallest absolute Gasteiger partial charge is 0.145 e. The standard InChI is InChI=1S/C15H21N3O/c1-18(2)13(11-16)8-10-19-14-7-3-5-12-6-4-9-17-15(12)14/h3-7,9,13H,8,10-11,16H2,1-2H3. The fraction of sp³-hybridized carbons (Fsp3) is 0.400. The molecular formula is C15H21N3O. The van der Waals surface area contributed by atoms with Crippen LogP contribution < -0.4 is 10.5 Å². The zero-order valence-electron chi connectivity index (χ0n) is 11.5. The van der Waals surface area contributed by atoms with Crippen molar-refractivity contribution in [1.29, 1.82) is 0 Å². The van der Waals surface area contributed by atoms with Crippen molar-refractivity contribution in [2.75, 3.05) is 27.2 Å². The molecule has 2 aromatic rings. The first kappa shape index (κ1) is 13.8. The highest BCUT2D eigenvalue weighted by Crippen LogP contribution is 2.23. The third-order valence-corrected chi connectivity index (χ3v) is 3.31. The molecule has 0 amide bonds. The monoisotopic (exact) mass is 259 g/mol. The van der Waals surface area contributed by atoms with E-state index in [1.807, 2.05) is 44.4 Å². The molecule has 0 bridgehead atoms. The summed E-state index contributed by atoms with van der Waals surface area (Å²) < 4.78 is 5.86. The topological polar surface area (TPSA) is 51.4 Å². The Balaban J connectivity index is 2.02. The molecule has 4 nitrogen and oxygen atoms in total. The van der Waals surface area contributed by atoms with Crippen LogP contribution in [0.25, 0.3) is 10.9 Å². The van der Waals surface area contributed by atoms with Gasteiger partial charge in [-0.05, 0) is 32.6 Å². The second-order valence-corrected chi connectivity index (χ2v) is 4.82. The van der Waals surface area contributed by atoms with Gasteiger partial charge in [-0.3, -0.25) is 4.98 Å². The molecule has 0 radical (unpaired) electrons. The summed E-state index contributed by atoms with van der Waals surface area (Å²) in [5.41, 5.74) is 6.65. The molecule has 0 aliphatic rings. The van der Waals surface area contributed by atoms with Crippen molar-refractivity contribution in [1.82, 2.24) is 9.88 Å². The molecule has 1 aromatic heterocycles. The number of nitrogens with zero attached hydrogens (tertiary/aromatic N) is 2. The lowest BCUT2D eigenvalue weighted by molar-refractivity contribution is 0.227. The summed E-state index contributed by atoms with van der Waals surface area (Å²) in [6.07, 6.45) is 2.70. The molecule has 2 N–H and O–H groups in total. The second-order valence-electron chi connectivity index (χ2n) is 4.82. The molecular weight excluding hydrogens is 238 g/mol. The van der Waals surface area contributed by atoms with Gasteiger partial charge >= 0.3 is 0 Å². The summed E-state index contributed by atoms with van der Waals surface area (Å²) >= 11 is 0. The first-order valence-corrected chi connectivity index (χ1v) is 6.55. The van der Waals surface area contributed by atoms with Crippen molar-refractivity contribution in [3.8, 4) is 5.75 Å². The maximum absolute atomic E-state index is 5.86. The first-order chi connectivity index (χ1) is 9.22. The minimum atomic E-state index is 0.350. The molecule has 0 aliphatic carbocycles. The fourth-order valence-corrected chi connectivity index (χ4v) is 2.08. The number of hydrogen-bond acceptors (Lipinski definition) is 4. The van der Waals surface area contributed by atoms with Crippen LogP contribution in [-0.2, 0) is 0 Å². The van der Waals surface area contributed by atoms with Crippen molar-refractivity contribution in [3.63, 3.8) is 0 Å². The van der Waals surface area contributed by atoms with Gasteiger partial charge in [0, 0.05) is 24.2 Å². The van der Waals surface area contributed by atoms with E-state index in [-0.39, 0.29) is 0 Å². The number of rotatable bonds is 6. The summed E-state index contributed by atoms with van der Waals surface area (Å²) in [4.78, 5) is 6.50. The van der Waals surface area contributed by atoms with Gasteiger partial charge in [-0.1, -0.05) is 18.2 Å². The lowest BCUT2D eigenvalue weighted by Gasteiger charge is -2.22. The minimum Gasteiger partial charge on any atom is -0.491 e. The average molecular weight is 259 g/mol. The number of aromatic nitrogens is 1. The molecule has 19 heavy (non-hydrogen) atoms. The van der Waals surface area contributed by atoms with Crippen LogP contribution >= 0.6 is 0 Å². The Morgan fingerprint density at radius 3 is 2.79 bits per heavy atom. The summed E-state index contributed by atoms with van der Waals surface area (Å²) in [6, 6.07) is 10.3. The average Bonchev–Trinajstić information content (AvgIpc) is 2.43. The Labute approximate surface area is 114 Å². The van der Waals surface area contributed by atoms with Crippen molar-refractivity contribution in [2.24, 2.45) is 5.73 Å². The third kappa shape index (κ3) is 3.43. The highest BCUT2D eigenvalue weighted by molar-refractivity contribution is 5.84. The van der Waals surface area contributed by atoms with Crippen LogP contribution in [0.15, 0.2) is 36.5 Å². The van der Waals surface area contributed by atoms with Crippen molar-refractivity contribution in [2.45, 2.75) is 12.5 Å². The quantitative estimate of drug-likeness (QED) is 0.860. The molecule has 102 valence electrons. The van der Waals surface area contributed by atoms with Crippen LogP contribution in [0, 0.1) is 0 Å². The normalized spacial score (nSPS) is 12.8. The molecule has 0 fully saturated rings. The van der Waals surface area contributed by atoms with Gasteiger partial charge in [0.15, 0.2) is 0 Å². The molecule has 1 aromatic carbocycles. The van der Waals surface area contributed by atoms with E-state index in [9.17, 15) is 0 Å². The summed E-state index contributed by atoms with van der Waals surface area (Å²) in [7, 11) is 4.08. The Morgan fingerprint density at radius 2 is 2.05 bits per heavy atom. The van der Waals surface area contributed by atoms with E-state index < -0.39 is 0 Å². The van der Waals surface area contributed by atoms with E-state index >= 15 is 0 Å². The van der Waals surface area contributed by atoms with E-state index in [2.05, 4.69) is 9.88 Å². The van der Waals surface area contributed by atoms with Crippen LogP contribution in [0.1, 0.15) is 6.42 Å². The number of fused-ring (bicyclic) bond motifs is 1. The largest absolute Gasteiger partial charge is 0.491 e. The van der Waals surface area contributed by atoms with Gasteiger partial charge in [-0.15, -0.1) is 0 Å². The van der Waals surface area contributed by atoms with Crippen LogP contribution in [0.4, 0.5) is 0 Å². The number of para-hydroxylation sites is 1. The van der Waals surface area contributed by atoms with Gasteiger partial charge in [0.1, 0.15) is 11.3 Å². The first-order valence-electron chi connectivity index (χ1n) is 6.55. The van der Waals surface area contributed by atoms with Gasteiger partial charge in [-0.25, -0.2) is 0 Å². The Hall–Kier alpha value is -1.65. The van der Waals surface area contributed by atoms with Gasteiger partial charge < -0.3 is 15.4 Å². The highest BCUT2D eigenvalue weighted by Gasteiger charge is 2.09. The lowest BCUT2D eigenvalue weighted by Crippen LogP contribution is -2.36. The molecule has 0 aliphatic heterocycles. The number of ether oxygens (including phenoxy) is 1. The highest BCUT2D eigenvalue weighted by atomic mass is 16.5. The van der Waals surface area contributed by atoms with E-state index in [0.717, 1.165) is 23.1 Å². The second kappa shape index (κ2) is 6.50. The lowest BCUT2D eigenvalue weighted by atomic mass is 10.2. The van der Waals surface area contributed by atoms with Crippen molar-refractivity contribution >= 4 is 10.9 Å². The SMILES string of the molecule is CN(C)C(CN)CCOc1cccc2cccnc12. The van der Waals surface area contributed by atoms with Crippen LogP contribution in [0.5, 0.6) is 5.75 Å². The van der Waals surface area contributed by atoms with Crippen molar-refractivity contribution < 1.29 is 4.74 Å². The maximum atomic E-state index is 5.86. The Morgan fingerprint density at radius 1 is 1.26 bits per heavy atom. The van der Waals surface area contributed by atoms with E-state index in [1.165, 1.54) is 0 Å². The fourth-order valence-electron chi connectivity index (χ4n) is 2.08. The third-order valence-electron chi connectivity index (χ3n) is 3.31. The van der Waals surface area contributed by atoms with E-state index in [0.29, 0.717) is 19.2 Å². The predicted octanol–water partition coefficient (Wildman–Crippen LogP) is 1.89. The molecule has 4 heteroatoms. The molecule has 0 saturated heterocycles. The zero-order chi connectivity index (χ0) is 13.7. The molecule has 1 heterocycles. The van der Waals surface area contributed by atoms with E-state index in [1.54, 1.807) is 6.20 Å². The summed E-state index contributed by atoms with van der Waals surface area (Å²) in [6.45, 7) is 1.29. The summed E-state index contributed by atoms with van der Waals surface area (Å²) in [5.74, 6) is 0.840. The molecule has 1 unspecified atom stereocenters. The predicted molar refractivity (Wildman–Crippen MR) is 78.4 cm³/mol.